The Kier molecular flexibility index (Phi) is 6.10. The highest BCUT2D eigenvalue weighted by Crippen LogP contribution is 2.40. The molecule has 1 fully saturated rings. The van der Waals surface area contributed by atoms with E-state index < -0.39 is 0 Å². The molecule has 2 rings (SSSR count). The summed E-state index contributed by atoms with van der Waals surface area (Å²) >= 11 is 0. The molecule has 0 spiro atoms. The molecule has 2 nitrogen and oxygen atoms in total. The van der Waals surface area contributed by atoms with E-state index in [2.05, 4.69) is 50.4 Å². The Bertz CT molecular complexity index is 404. The van der Waals surface area contributed by atoms with Crippen LogP contribution in [0.4, 0.5) is 0 Å². The molecule has 1 saturated carbocycles. The van der Waals surface area contributed by atoms with Crippen LogP contribution < -0.4 is 10.1 Å². The summed E-state index contributed by atoms with van der Waals surface area (Å²) in [5.74, 6) is 3.42. The second-order valence-corrected chi connectivity index (χ2v) is 6.71. The summed E-state index contributed by atoms with van der Waals surface area (Å²) in [6.07, 6.45) is 4.07. The van der Waals surface area contributed by atoms with Gasteiger partial charge >= 0.3 is 0 Å². The van der Waals surface area contributed by atoms with Crippen LogP contribution in [0.15, 0.2) is 24.3 Å². The Balaban J connectivity index is 2.13. The predicted molar refractivity (Wildman–Crippen MR) is 89.7 cm³/mol. The molecule has 0 amide bonds. The molecule has 0 heterocycles. The van der Waals surface area contributed by atoms with E-state index in [1.54, 1.807) is 0 Å². The molecule has 118 valence electrons. The fourth-order valence-electron chi connectivity index (χ4n) is 4.00. The first-order chi connectivity index (χ1) is 10.1. The maximum Gasteiger partial charge on any atom is 0.119 e. The lowest BCUT2D eigenvalue weighted by atomic mass is 9.72. The van der Waals surface area contributed by atoms with Crippen molar-refractivity contribution < 1.29 is 4.74 Å². The van der Waals surface area contributed by atoms with Gasteiger partial charge in [-0.05, 0) is 68.2 Å². The average molecular weight is 289 g/mol. The molecule has 1 aliphatic carbocycles. The van der Waals surface area contributed by atoms with Crippen molar-refractivity contribution in [3.63, 3.8) is 0 Å². The normalized spacial score (nSPS) is 27.3. The van der Waals surface area contributed by atoms with Crippen LogP contribution in [0, 0.1) is 17.8 Å². The highest BCUT2D eigenvalue weighted by Gasteiger charge is 2.30. The van der Waals surface area contributed by atoms with Crippen LogP contribution in [0.2, 0.25) is 0 Å². The Morgan fingerprint density at radius 3 is 2.19 bits per heavy atom. The average Bonchev–Trinajstić information content (AvgIpc) is 2.45. The van der Waals surface area contributed by atoms with Crippen molar-refractivity contribution in [3.05, 3.63) is 29.8 Å². The second-order valence-electron chi connectivity index (χ2n) is 6.71. The molecule has 1 aromatic carbocycles. The van der Waals surface area contributed by atoms with E-state index in [0.717, 1.165) is 36.7 Å². The molecule has 0 aliphatic heterocycles. The van der Waals surface area contributed by atoms with Crippen molar-refractivity contribution in [3.8, 4) is 5.75 Å². The molecule has 3 unspecified atom stereocenters. The lowest BCUT2D eigenvalue weighted by Gasteiger charge is -2.37. The van der Waals surface area contributed by atoms with Gasteiger partial charge in [-0.25, -0.2) is 0 Å². The van der Waals surface area contributed by atoms with Gasteiger partial charge in [0.05, 0.1) is 6.61 Å². The molecule has 0 bridgehead atoms. The molecule has 21 heavy (non-hydrogen) atoms. The summed E-state index contributed by atoms with van der Waals surface area (Å²) < 4.78 is 5.56. The van der Waals surface area contributed by atoms with Crippen molar-refractivity contribution in [2.24, 2.45) is 17.8 Å². The molecule has 1 aliphatic rings. The van der Waals surface area contributed by atoms with Gasteiger partial charge < -0.3 is 10.1 Å². The monoisotopic (exact) mass is 289 g/mol. The minimum atomic E-state index is 0.482. The maximum atomic E-state index is 5.56. The van der Waals surface area contributed by atoms with Crippen molar-refractivity contribution in [1.82, 2.24) is 5.32 Å². The van der Waals surface area contributed by atoms with Crippen molar-refractivity contribution >= 4 is 0 Å². The van der Waals surface area contributed by atoms with Crippen LogP contribution in [0.25, 0.3) is 0 Å². The Labute approximate surface area is 130 Å². The van der Waals surface area contributed by atoms with E-state index in [9.17, 15) is 0 Å². The van der Waals surface area contributed by atoms with E-state index in [1.807, 2.05) is 6.92 Å². The minimum absolute atomic E-state index is 0.482. The molecule has 1 aromatic rings. The van der Waals surface area contributed by atoms with E-state index in [0.29, 0.717) is 6.04 Å². The summed E-state index contributed by atoms with van der Waals surface area (Å²) in [5, 5.41) is 3.72. The summed E-state index contributed by atoms with van der Waals surface area (Å²) in [6, 6.07) is 9.18. The summed E-state index contributed by atoms with van der Waals surface area (Å²) in [4.78, 5) is 0. The number of rotatable bonds is 6. The van der Waals surface area contributed by atoms with Gasteiger partial charge in [-0.2, -0.15) is 0 Å². The van der Waals surface area contributed by atoms with Crippen molar-refractivity contribution in [2.75, 3.05) is 13.2 Å². The van der Waals surface area contributed by atoms with Crippen molar-refractivity contribution in [2.45, 2.75) is 53.0 Å². The van der Waals surface area contributed by atoms with E-state index in [1.165, 1.54) is 24.8 Å². The standard InChI is InChI=1S/C19H31NO/c1-5-20-19(17-12-14(3)11-15(4)13-17)16-7-9-18(10-8-16)21-6-2/h7-10,14-15,17,19-20H,5-6,11-13H2,1-4H3. The van der Waals surface area contributed by atoms with E-state index >= 15 is 0 Å². The van der Waals surface area contributed by atoms with Gasteiger partial charge in [0.1, 0.15) is 5.75 Å². The fraction of sp³-hybridized carbons (Fsp3) is 0.684. The maximum absolute atomic E-state index is 5.56. The van der Waals surface area contributed by atoms with Crippen LogP contribution in [-0.2, 0) is 0 Å². The van der Waals surface area contributed by atoms with Gasteiger partial charge in [0.2, 0.25) is 0 Å². The first-order valence-corrected chi connectivity index (χ1v) is 8.60. The summed E-state index contributed by atoms with van der Waals surface area (Å²) in [7, 11) is 0. The number of nitrogens with one attached hydrogen (secondary N) is 1. The van der Waals surface area contributed by atoms with Crippen LogP contribution in [-0.4, -0.2) is 13.2 Å². The van der Waals surface area contributed by atoms with Crippen molar-refractivity contribution in [1.29, 1.82) is 0 Å². The minimum Gasteiger partial charge on any atom is -0.494 e. The molecule has 1 N–H and O–H groups in total. The van der Waals surface area contributed by atoms with E-state index in [4.69, 9.17) is 4.74 Å². The van der Waals surface area contributed by atoms with Gasteiger partial charge in [0.25, 0.3) is 0 Å². The molecule has 0 radical (unpaired) electrons. The third-order valence-corrected chi connectivity index (χ3v) is 4.66. The number of hydrogen-bond donors (Lipinski definition) is 1. The van der Waals surface area contributed by atoms with Gasteiger partial charge in [0, 0.05) is 6.04 Å². The third kappa shape index (κ3) is 4.47. The smallest absolute Gasteiger partial charge is 0.119 e. The van der Waals surface area contributed by atoms with Crippen LogP contribution in [0.3, 0.4) is 0 Å². The fourth-order valence-corrected chi connectivity index (χ4v) is 4.00. The third-order valence-electron chi connectivity index (χ3n) is 4.66. The highest BCUT2D eigenvalue weighted by molar-refractivity contribution is 5.29. The number of benzene rings is 1. The predicted octanol–water partition coefficient (Wildman–Crippen LogP) is 4.81. The summed E-state index contributed by atoms with van der Waals surface area (Å²) in [6.45, 7) is 10.8. The molecule has 0 saturated heterocycles. The van der Waals surface area contributed by atoms with Gasteiger partial charge in [-0.3, -0.25) is 0 Å². The quantitative estimate of drug-likeness (QED) is 0.811. The zero-order valence-electron chi connectivity index (χ0n) is 14.1. The Morgan fingerprint density at radius 2 is 1.67 bits per heavy atom. The van der Waals surface area contributed by atoms with Crippen LogP contribution in [0.5, 0.6) is 5.75 Å². The molecule has 0 aromatic heterocycles. The topological polar surface area (TPSA) is 21.3 Å². The number of hydrogen-bond acceptors (Lipinski definition) is 2. The Hall–Kier alpha value is -1.02. The van der Waals surface area contributed by atoms with Gasteiger partial charge in [-0.15, -0.1) is 0 Å². The largest absolute Gasteiger partial charge is 0.494 e. The van der Waals surface area contributed by atoms with Crippen LogP contribution in [0.1, 0.15) is 58.6 Å². The molecular weight excluding hydrogens is 258 g/mol. The zero-order chi connectivity index (χ0) is 15.2. The lowest BCUT2D eigenvalue weighted by Crippen LogP contribution is -2.33. The molecule has 2 heteroatoms. The number of ether oxygens (including phenoxy) is 1. The van der Waals surface area contributed by atoms with Crippen LogP contribution >= 0.6 is 0 Å². The Morgan fingerprint density at radius 1 is 1.05 bits per heavy atom. The summed E-state index contributed by atoms with van der Waals surface area (Å²) in [5.41, 5.74) is 1.41. The zero-order valence-corrected chi connectivity index (χ0v) is 14.1. The van der Waals surface area contributed by atoms with Gasteiger partial charge in [0.15, 0.2) is 0 Å². The SMILES string of the molecule is CCNC(c1ccc(OCC)cc1)C1CC(C)CC(C)C1. The van der Waals surface area contributed by atoms with Gasteiger partial charge in [-0.1, -0.05) is 32.9 Å². The second kappa shape index (κ2) is 7.84. The lowest BCUT2D eigenvalue weighted by molar-refractivity contribution is 0.177. The highest BCUT2D eigenvalue weighted by atomic mass is 16.5. The molecule has 3 atom stereocenters. The first kappa shape index (κ1) is 16.4. The first-order valence-electron chi connectivity index (χ1n) is 8.60. The molecular formula is C19H31NO. The van der Waals surface area contributed by atoms with E-state index in [-0.39, 0.29) is 0 Å².